The molecule has 3 heterocycles. The average molecular weight is 626 g/mol. The fraction of sp³-hybridized carbons (Fsp3) is 0.355. The van der Waals surface area contributed by atoms with Crippen LogP contribution in [0.25, 0.3) is 22.4 Å². The van der Waals surface area contributed by atoms with Crippen LogP contribution in [0.5, 0.6) is 0 Å². The first kappa shape index (κ1) is 31.3. The number of nitrogens with zero attached hydrogens (tertiary/aromatic N) is 5. The van der Waals surface area contributed by atoms with Gasteiger partial charge < -0.3 is 24.8 Å². The van der Waals surface area contributed by atoms with E-state index in [9.17, 15) is 9.59 Å². The molecule has 10 nitrogen and oxygen atoms in total. The molecule has 1 aliphatic heterocycles. The second kappa shape index (κ2) is 13.2. The van der Waals surface area contributed by atoms with E-state index in [1.165, 1.54) is 35.2 Å². The lowest BCUT2D eigenvalue weighted by Crippen LogP contribution is -2.44. The molecule has 1 fully saturated rings. The van der Waals surface area contributed by atoms with Gasteiger partial charge in [-0.1, -0.05) is 17.7 Å². The number of ether oxygens (including phenoxy) is 1. The summed E-state index contributed by atoms with van der Waals surface area (Å²) in [5.41, 5.74) is 2.11. The number of aromatic nitrogens is 4. The Kier molecular flexibility index (Phi) is 9.42. The molecule has 0 radical (unpaired) electrons. The molecule has 0 saturated carbocycles. The Morgan fingerprint density at radius 1 is 1.07 bits per heavy atom. The smallest absolute Gasteiger partial charge is 0.291 e. The van der Waals surface area contributed by atoms with Crippen LogP contribution in [0, 0.1) is 18.6 Å². The third-order valence-electron chi connectivity index (χ3n) is 8.10. The summed E-state index contributed by atoms with van der Waals surface area (Å²) < 4.78 is 38.9. The molecule has 0 aliphatic carbocycles. The zero-order valence-electron chi connectivity index (χ0n) is 25.0. The van der Waals surface area contributed by atoms with Gasteiger partial charge in [-0.05, 0) is 51.1 Å². The van der Waals surface area contributed by atoms with Gasteiger partial charge in [0.25, 0.3) is 11.8 Å². The number of nitrogens with one attached hydrogen (secondary N) is 2. The van der Waals surface area contributed by atoms with Gasteiger partial charge in [-0.15, -0.1) is 0 Å². The van der Waals surface area contributed by atoms with Crippen LogP contribution in [0.1, 0.15) is 39.5 Å². The van der Waals surface area contributed by atoms with Crippen molar-refractivity contribution in [3.05, 3.63) is 76.5 Å². The molecule has 232 valence electrons. The Morgan fingerprint density at radius 2 is 1.77 bits per heavy atom. The molecule has 5 rings (SSSR count). The van der Waals surface area contributed by atoms with Crippen molar-refractivity contribution in [3.8, 4) is 22.4 Å². The Bertz CT molecular complexity index is 1700. The summed E-state index contributed by atoms with van der Waals surface area (Å²) in [5, 5.41) is 10.4. The first-order valence-electron chi connectivity index (χ1n) is 14.2. The first-order valence-corrected chi connectivity index (χ1v) is 14.6. The summed E-state index contributed by atoms with van der Waals surface area (Å²) in [5.74, 6) is -2.86. The summed E-state index contributed by atoms with van der Waals surface area (Å²) >= 11 is 6.45. The molecule has 1 aliphatic rings. The van der Waals surface area contributed by atoms with E-state index in [-0.39, 0.29) is 33.6 Å². The van der Waals surface area contributed by atoms with Gasteiger partial charge in [-0.25, -0.2) is 13.8 Å². The van der Waals surface area contributed by atoms with Crippen molar-refractivity contribution < 1.29 is 23.1 Å². The van der Waals surface area contributed by atoms with Gasteiger partial charge in [0.15, 0.2) is 17.5 Å². The zero-order valence-corrected chi connectivity index (χ0v) is 25.7. The summed E-state index contributed by atoms with van der Waals surface area (Å²) in [7, 11) is 5.03. The summed E-state index contributed by atoms with van der Waals surface area (Å²) in [6.07, 6.45) is 4.53. The molecule has 0 atom stereocenters. The number of carbonyl (C=O) groups is 2. The summed E-state index contributed by atoms with van der Waals surface area (Å²) in [6.45, 7) is 3.96. The maximum atomic E-state index is 15.4. The molecule has 13 heteroatoms. The largest absolute Gasteiger partial charge is 0.383 e. The van der Waals surface area contributed by atoms with E-state index >= 15 is 8.78 Å². The molecule has 0 bridgehead atoms. The normalized spacial score (nSPS) is 13.8. The molecule has 0 spiro atoms. The van der Waals surface area contributed by atoms with E-state index in [1.54, 1.807) is 42.8 Å². The lowest BCUT2D eigenvalue weighted by Gasteiger charge is -2.32. The molecule has 2 aromatic carbocycles. The number of methoxy groups -OCH3 is 1. The minimum Gasteiger partial charge on any atom is -0.383 e. The van der Waals surface area contributed by atoms with E-state index in [0.29, 0.717) is 54.8 Å². The van der Waals surface area contributed by atoms with Crippen molar-refractivity contribution >= 4 is 29.1 Å². The Hall–Kier alpha value is -4.13. The van der Waals surface area contributed by atoms with Crippen molar-refractivity contribution in [2.75, 3.05) is 39.2 Å². The Labute approximate surface area is 259 Å². The standard InChI is InChI=1S/C31H34ClF2N7O3/c1-18-24(16-37-41(18)13-14-44-4)21-7-8-23(28(34)27(21)33)26-17-36-29(39(26)3)30(42)38-20-5-6-22(25(32)15-20)31(43)40-11-9-19(35-2)10-12-40/h5-8,15-17,19,35H,9-14H2,1-4H3,(H,38,42). The average Bonchev–Trinajstić information content (AvgIpc) is 3.58. The van der Waals surface area contributed by atoms with Gasteiger partial charge >= 0.3 is 0 Å². The van der Waals surface area contributed by atoms with Crippen LogP contribution in [0.3, 0.4) is 0 Å². The highest BCUT2D eigenvalue weighted by atomic mass is 35.5. The molecule has 2 amide bonds. The molecule has 4 aromatic rings. The molecule has 2 N–H and O–H groups in total. The predicted molar refractivity (Wildman–Crippen MR) is 164 cm³/mol. The van der Waals surface area contributed by atoms with E-state index in [2.05, 4.69) is 20.7 Å². The van der Waals surface area contributed by atoms with Crippen molar-refractivity contribution in [1.29, 1.82) is 0 Å². The maximum absolute atomic E-state index is 15.4. The molecule has 0 unspecified atom stereocenters. The number of amides is 2. The van der Waals surface area contributed by atoms with E-state index in [0.717, 1.165) is 12.8 Å². The van der Waals surface area contributed by atoms with Gasteiger partial charge in [0.1, 0.15) is 0 Å². The van der Waals surface area contributed by atoms with Crippen molar-refractivity contribution in [2.24, 2.45) is 7.05 Å². The number of likely N-dealkylation sites (tertiary alicyclic amines) is 1. The SMILES string of the molecule is CNC1CCN(C(=O)c2ccc(NC(=O)c3ncc(-c4ccc(-c5cnn(CCOC)c5C)c(F)c4F)n3C)cc2Cl)CC1. The summed E-state index contributed by atoms with van der Waals surface area (Å²) in [6, 6.07) is 8.00. The van der Waals surface area contributed by atoms with Crippen LogP contribution >= 0.6 is 11.6 Å². The van der Waals surface area contributed by atoms with Gasteiger partial charge in [0.05, 0.1) is 41.8 Å². The number of carbonyl (C=O) groups excluding carboxylic acids is 2. The van der Waals surface area contributed by atoms with Crippen LogP contribution in [0.4, 0.5) is 14.5 Å². The van der Waals surface area contributed by atoms with Gasteiger partial charge in [-0.2, -0.15) is 5.10 Å². The number of anilines is 1. The topological polar surface area (TPSA) is 106 Å². The zero-order chi connectivity index (χ0) is 31.5. The van der Waals surface area contributed by atoms with Crippen LogP contribution in [-0.2, 0) is 18.3 Å². The third-order valence-corrected chi connectivity index (χ3v) is 8.41. The third kappa shape index (κ3) is 6.10. The Balaban J connectivity index is 1.31. The molecular formula is C31H34ClF2N7O3. The monoisotopic (exact) mass is 625 g/mol. The number of halogens is 3. The van der Waals surface area contributed by atoms with Gasteiger partial charge in [0.2, 0.25) is 0 Å². The van der Waals surface area contributed by atoms with Gasteiger partial charge in [-0.3, -0.25) is 14.3 Å². The van der Waals surface area contributed by atoms with Crippen molar-refractivity contribution in [1.82, 2.24) is 29.5 Å². The highest BCUT2D eigenvalue weighted by Crippen LogP contribution is 2.33. The lowest BCUT2D eigenvalue weighted by atomic mass is 10.0. The molecule has 44 heavy (non-hydrogen) atoms. The quantitative estimate of drug-likeness (QED) is 0.274. The number of hydrogen-bond donors (Lipinski definition) is 2. The highest BCUT2D eigenvalue weighted by Gasteiger charge is 2.26. The molecular weight excluding hydrogens is 592 g/mol. The lowest BCUT2D eigenvalue weighted by molar-refractivity contribution is 0.0707. The second-order valence-electron chi connectivity index (χ2n) is 10.7. The van der Waals surface area contributed by atoms with E-state index < -0.39 is 17.5 Å². The van der Waals surface area contributed by atoms with Crippen LogP contribution in [0.2, 0.25) is 5.02 Å². The fourth-order valence-electron chi connectivity index (χ4n) is 5.44. The van der Waals surface area contributed by atoms with Gasteiger partial charge in [0, 0.05) is 61.4 Å². The van der Waals surface area contributed by atoms with Crippen LogP contribution < -0.4 is 10.6 Å². The number of rotatable bonds is 9. The number of imidazole rings is 1. The Morgan fingerprint density at radius 3 is 2.45 bits per heavy atom. The fourth-order valence-corrected chi connectivity index (χ4v) is 5.70. The highest BCUT2D eigenvalue weighted by molar-refractivity contribution is 6.34. The first-order chi connectivity index (χ1) is 21.1. The van der Waals surface area contributed by atoms with Crippen LogP contribution in [-0.4, -0.2) is 75.9 Å². The van der Waals surface area contributed by atoms with Crippen molar-refractivity contribution in [2.45, 2.75) is 32.4 Å². The minimum atomic E-state index is -1.07. The number of hydrogen-bond acceptors (Lipinski definition) is 6. The predicted octanol–water partition coefficient (Wildman–Crippen LogP) is 4.91. The number of piperidine rings is 1. The summed E-state index contributed by atoms with van der Waals surface area (Å²) in [4.78, 5) is 32.1. The van der Waals surface area contributed by atoms with Crippen molar-refractivity contribution in [3.63, 3.8) is 0 Å². The van der Waals surface area contributed by atoms with E-state index in [4.69, 9.17) is 16.3 Å². The number of benzene rings is 2. The second-order valence-corrected chi connectivity index (χ2v) is 11.1. The molecule has 2 aromatic heterocycles. The maximum Gasteiger partial charge on any atom is 0.291 e. The van der Waals surface area contributed by atoms with E-state index in [1.807, 2.05) is 7.05 Å². The minimum absolute atomic E-state index is 0.0252. The van der Waals surface area contributed by atoms with Crippen LogP contribution in [0.15, 0.2) is 42.7 Å². The molecule has 1 saturated heterocycles.